The van der Waals surface area contributed by atoms with Crippen molar-refractivity contribution in [1.29, 1.82) is 0 Å². The highest BCUT2D eigenvalue weighted by Gasteiger charge is 2.02. The van der Waals surface area contributed by atoms with Gasteiger partial charge in [0.25, 0.3) is 0 Å². The standard InChI is InChI=1S/C11H10BrFO/c1-7(8(2)14)5-9-6-10(12)3-4-11(9)13/h3-6H,1-2H3/b7-5+. The predicted molar refractivity (Wildman–Crippen MR) is 58.4 cm³/mol. The maximum absolute atomic E-state index is 13.2. The molecule has 1 nitrogen and oxygen atoms in total. The molecule has 0 aliphatic carbocycles. The lowest BCUT2D eigenvalue weighted by atomic mass is 10.1. The number of halogens is 2. The highest BCUT2D eigenvalue weighted by molar-refractivity contribution is 9.10. The van der Waals surface area contributed by atoms with Gasteiger partial charge in [-0.05, 0) is 43.7 Å². The van der Waals surface area contributed by atoms with Crippen molar-refractivity contribution >= 4 is 27.8 Å². The van der Waals surface area contributed by atoms with E-state index in [9.17, 15) is 9.18 Å². The van der Waals surface area contributed by atoms with Crippen molar-refractivity contribution in [2.45, 2.75) is 13.8 Å². The monoisotopic (exact) mass is 256 g/mol. The molecule has 0 aromatic heterocycles. The number of carbonyl (C=O) groups excluding carboxylic acids is 1. The molecule has 0 saturated carbocycles. The van der Waals surface area contributed by atoms with E-state index in [1.54, 1.807) is 25.1 Å². The third-order valence-corrected chi connectivity index (χ3v) is 2.38. The topological polar surface area (TPSA) is 17.1 Å². The Kier molecular flexibility index (Phi) is 3.58. The third kappa shape index (κ3) is 2.77. The first-order valence-electron chi connectivity index (χ1n) is 4.15. The Bertz CT molecular complexity index is 396. The molecule has 1 rings (SSSR count). The molecule has 0 saturated heterocycles. The van der Waals surface area contributed by atoms with Crippen LogP contribution in [0.3, 0.4) is 0 Å². The van der Waals surface area contributed by atoms with Crippen molar-refractivity contribution < 1.29 is 9.18 Å². The van der Waals surface area contributed by atoms with Crippen LogP contribution in [0.5, 0.6) is 0 Å². The molecular formula is C11H10BrFO. The van der Waals surface area contributed by atoms with Gasteiger partial charge in [0.2, 0.25) is 0 Å². The van der Waals surface area contributed by atoms with Gasteiger partial charge in [0.1, 0.15) is 5.82 Å². The van der Waals surface area contributed by atoms with E-state index in [1.807, 2.05) is 0 Å². The molecule has 0 bridgehead atoms. The van der Waals surface area contributed by atoms with Crippen molar-refractivity contribution in [3.63, 3.8) is 0 Å². The van der Waals surface area contributed by atoms with Crippen molar-refractivity contribution in [3.05, 3.63) is 39.6 Å². The molecule has 0 aliphatic heterocycles. The van der Waals surface area contributed by atoms with Crippen LogP contribution in [-0.2, 0) is 4.79 Å². The molecule has 0 atom stereocenters. The first-order chi connectivity index (χ1) is 6.50. The summed E-state index contributed by atoms with van der Waals surface area (Å²) in [6.45, 7) is 3.13. The number of rotatable bonds is 2. The second kappa shape index (κ2) is 4.51. The van der Waals surface area contributed by atoms with Crippen LogP contribution >= 0.6 is 15.9 Å². The highest BCUT2D eigenvalue weighted by atomic mass is 79.9. The summed E-state index contributed by atoms with van der Waals surface area (Å²) in [6.07, 6.45) is 1.54. The number of benzene rings is 1. The lowest BCUT2D eigenvalue weighted by Gasteiger charge is -1.99. The first kappa shape index (κ1) is 11.1. The fourth-order valence-corrected chi connectivity index (χ4v) is 1.34. The minimum Gasteiger partial charge on any atom is -0.295 e. The summed E-state index contributed by atoms with van der Waals surface area (Å²) < 4.78 is 14.0. The summed E-state index contributed by atoms with van der Waals surface area (Å²) in [7, 11) is 0. The normalized spacial score (nSPS) is 11.6. The van der Waals surface area contributed by atoms with Gasteiger partial charge in [-0.15, -0.1) is 0 Å². The molecule has 0 radical (unpaired) electrons. The maximum Gasteiger partial charge on any atom is 0.155 e. The van der Waals surface area contributed by atoms with Crippen LogP contribution < -0.4 is 0 Å². The van der Waals surface area contributed by atoms with Crippen LogP contribution in [-0.4, -0.2) is 5.78 Å². The smallest absolute Gasteiger partial charge is 0.155 e. The zero-order chi connectivity index (χ0) is 10.7. The highest BCUT2D eigenvalue weighted by Crippen LogP contribution is 2.18. The van der Waals surface area contributed by atoms with E-state index in [1.165, 1.54) is 13.0 Å². The van der Waals surface area contributed by atoms with E-state index in [0.29, 0.717) is 11.1 Å². The summed E-state index contributed by atoms with van der Waals surface area (Å²) in [5.74, 6) is -0.377. The number of hydrogen-bond acceptors (Lipinski definition) is 1. The second-order valence-electron chi connectivity index (χ2n) is 3.05. The van der Waals surface area contributed by atoms with Crippen molar-refractivity contribution in [1.82, 2.24) is 0 Å². The molecule has 3 heteroatoms. The van der Waals surface area contributed by atoms with Gasteiger partial charge in [-0.1, -0.05) is 15.9 Å². The van der Waals surface area contributed by atoms with Crippen molar-refractivity contribution in [2.24, 2.45) is 0 Å². The average Bonchev–Trinajstić information content (AvgIpc) is 2.11. The number of allylic oxidation sites excluding steroid dienone is 1. The van der Waals surface area contributed by atoms with Crippen LogP contribution in [0.15, 0.2) is 28.2 Å². The van der Waals surface area contributed by atoms with Gasteiger partial charge in [-0.25, -0.2) is 4.39 Å². The number of carbonyl (C=O) groups is 1. The van der Waals surface area contributed by atoms with Gasteiger partial charge in [0, 0.05) is 10.0 Å². The molecule has 1 aromatic rings. The van der Waals surface area contributed by atoms with Gasteiger partial charge >= 0.3 is 0 Å². The Hall–Kier alpha value is -0.960. The number of ketones is 1. The Labute approximate surface area is 90.8 Å². The molecule has 0 heterocycles. The zero-order valence-corrected chi connectivity index (χ0v) is 9.56. The molecule has 0 spiro atoms. The van der Waals surface area contributed by atoms with Crippen LogP contribution in [0.1, 0.15) is 19.4 Å². The van der Waals surface area contributed by atoms with Crippen LogP contribution in [0.25, 0.3) is 6.08 Å². The van der Waals surface area contributed by atoms with Crippen LogP contribution in [0.2, 0.25) is 0 Å². The van der Waals surface area contributed by atoms with Gasteiger partial charge in [-0.2, -0.15) is 0 Å². The second-order valence-corrected chi connectivity index (χ2v) is 3.97. The van der Waals surface area contributed by atoms with E-state index in [2.05, 4.69) is 15.9 Å². The van der Waals surface area contributed by atoms with Gasteiger partial charge in [0.15, 0.2) is 5.78 Å². The molecule has 0 N–H and O–H groups in total. The minimum absolute atomic E-state index is 0.0515. The van der Waals surface area contributed by atoms with E-state index in [4.69, 9.17) is 0 Å². The lowest BCUT2D eigenvalue weighted by Crippen LogP contribution is -1.92. The molecule has 74 valence electrons. The Morgan fingerprint density at radius 3 is 2.64 bits per heavy atom. The SMILES string of the molecule is CC(=O)/C(C)=C/c1cc(Br)ccc1F. The Balaban J connectivity index is 3.13. The van der Waals surface area contributed by atoms with E-state index in [0.717, 1.165) is 4.47 Å². The fourth-order valence-electron chi connectivity index (χ4n) is 0.960. The number of hydrogen-bond donors (Lipinski definition) is 0. The van der Waals surface area contributed by atoms with E-state index < -0.39 is 0 Å². The average molecular weight is 257 g/mol. The predicted octanol–water partition coefficient (Wildman–Crippen LogP) is 3.58. The zero-order valence-electron chi connectivity index (χ0n) is 7.97. The van der Waals surface area contributed by atoms with Gasteiger partial charge in [0.05, 0.1) is 0 Å². The molecule has 1 aromatic carbocycles. The van der Waals surface area contributed by atoms with E-state index >= 15 is 0 Å². The molecule has 0 amide bonds. The van der Waals surface area contributed by atoms with E-state index in [-0.39, 0.29) is 11.6 Å². The Morgan fingerprint density at radius 2 is 2.07 bits per heavy atom. The lowest BCUT2D eigenvalue weighted by molar-refractivity contribution is -0.113. The number of Topliss-reactive ketones (excluding diaryl/α,β-unsaturated/α-hetero) is 1. The Morgan fingerprint density at radius 1 is 1.43 bits per heavy atom. The quantitative estimate of drug-likeness (QED) is 0.740. The molecule has 0 unspecified atom stereocenters. The minimum atomic E-state index is -0.325. The van der Waals surface area contributed by atoms with Crippen molar-refractivity contribution in [2.75, 3.05) is 0 Å². The summed E-state index contributed by atoms with van der Waals surface area (Å²) in [4.78, 5) is 10.9. The molecule has 14 heavy (non-hydrogen) atoms. The third-order valence-electron chi connectivity index (χ3n) is 1.89. The maximum atomic E-state index is 13.2. The molecule has 0 aliphatic rings. The molecular weight excluding hydrogens is 247 g/mol. The summed E-state index contributed by atoms with van der Waals surface area (Å²) >= 11 is 3.24. The van der Waals surface area contributed by atoms with Crippen molar-refractivity contribution in [3.8, 4) is 0 Å². The summed E-state index contributed by atoms with van der Waals surface area (Å²) in [6, 6.07) is 4.63. The fraction of sp³-hybridized carbons (Fsp3) is 0.182. The van der Waals surface area contributed by atoms with Crippen LogP contribution in [0, 0.1) is 5.82 Å². The molecule has 0 fully saturated rings. The summed E-state index contributed by atoms with van der Waals surface area (Å²) in [5.41, 5.74) is 0.967. The summed E-state index contributed by atoms with van der Waals surface area (Å²) in [5, 5.41) is 0. The van der Waals surface area contributed by atoms with Gasteiger partial charge in [-0.3, -0.25) is 4.79 Å². The van der Waals surface area contributed by atoms with Crippen LogP contribution in [0.4, 0.5) is 4.39 Å². The first-order valence-corrected chi connectivity index (χ1v) is 4.94. The largest absolute Gasteiger partial charge is 0.295 e. The van der Waals surface area contributed by atoms with Gasteiger partial charge < -0.3 is 0 Å².